The second-order valence-electron chi connectivity index (χ2n) is 6.57. The maximum Gasteiger partial charge on any atom is 0.417 e. The molecule has 5 nitrogen and oxygen atoms in total. The molecule has 1 aromatic carbocycles. The lowest BCUT2D eigenvalue weighted by Gasteiger charge is -2.11. The lowest BCUT2D eigenvalue weighted by atomic mass is 10.1. The van der Waals surface area contributed by atoms with Gasteiger partial charge < -0.3 is 0 Å². The normalized spacial score (nSPS) is 11.9. The molecule has 0 aliphatic rings. The fourth-order valence-electron chi connectivity index (χ4n) is 3.21. The number of benzene rings is 1. The number of alkyl halides is 3. The molecule has 0 aliphatic carbocycles. The van der Waals surface area contributed by atoms with Gasteiger partial charge in [0, 0.05) is 17.0 Å². The number of fused-ring (bicyclic) bond motifs is 1. The van der Waals surface area contributed by atoms with Gasteiger partial charge >= 0.3 is 6.18 Å². The van der Waals surface area contributed by atoms with Crippen molar-refractivity contribution in [3.05, 3.63) is 65.1 Å². The van der Waals surface area contributed by atoms with Gasteiger partial charge in [0.2, 0.25) is 0 Å². The first-order valence-corrected chi connectivity index (χ1v) is 8.59. The van der Waals surface area contributed by atoms with Crippen molar-refractivity contribution in [2.75, 3.05) is 0 Å². The van der Waals surface area contributed by atoms with Crippen molar-refractivity contribution in [2.45, 2.75) is 26.9 Å². The van der Waals surface area contributed by atoms with Crippen LogP contribution in [0, 0.1) is 20.8 Å². The second kappa shape index (κ2) is 6.40. The van der Waals surface area contributed by atoms with E-state index in [4.69, 9.17) is 0 Å². The molecule has 0 radical (unpaired) electrons. The van der Waals surface area contributed by atoms with Gasteiger partial charge in [0.1, 0.15) is 0 Å². The van der Waals surface area contributed by atoms with E-state index in [1.165, 1.54) is 11.6 Å². The van der Waals surface area contributed by atoms with E-state index in [-0.39, 0.29) is 28.4 Å². The standard InChI is InChI=1S/C20H16F3N5/c1-11-9-12(2)25-19(24-11)28-18-17(13(3)27-28)15(20(21,22)23)10-16(26-18)14-7-5-4-6-8-14/h4-10H,1-3H3. The van der Waals surface area contributed by atoms with Crippen molar-refractivity contribution in [3.8, 4) is 17.2 Å². The number of aryl methyl sites for hydroxylation is 3. The van der Waals surface area contributed by atoms with E-state index in [9.17, 15) is 13.2 Å². The highest BCUT2D eigenvalue weighted by Gasteiger charge is 2.36. The van der Waals surface area contributed by atoms with Crippen LogP contribution >= 0.6 is 0 Å². The quantitative estimate of drug-likeness (QED) is 0.498. The van der Waals surface area contributed by atoms with Crippen LogP contribution in [-0.4, -0.2) is 24.7 Å². The largest absolute Gasteiger partial charge is 0.417 e. The molecule has 0 saturated heterocycles. The van der Waals surface area contributed by atoms with Gasteiger partial charge in [-0.15, -0.1) is 0 Å². The first kappa shape index (κ1) is 18.1. The fraction of sp³-hybridized carbons (Fsp3) is 0.200. The van der Waals surface area contributed by atoms with Gasteiger partial charge in [-0.25, -0.2) is 15.0 Å². The van der Waals surface area contributed by atoms with Gasteiger partial charge in [0.25, 0.3) is 5.95 Å². The second-order valence-corrected chi connectivity index (χ2v) is 6.57. The van der Waals surface area contributed by atoms with Gasteiger partial charge in [0.05, 0.1) is 22.3 Å². The Morgan fingerprint density at radius 2 is 1.50 bits per heavy atom. The number of aromatic nitrogens is 5. The first-order valence-electron chi connectivity index (χ1n) is 8.59. The molecule has 4 rings (SSSR count). The van der Waals surface area contributed by atoms with Crippen LogP contribution in [0.5, 0.6) is 0 Å². The molecule has 0 amide bonds. The summed E-state index contributed by atoms with van der Waals surface area (Å²) in [7, 11) is 0. The summed E-state index contributed by atoms with van der Waals surface area (Å²) in [5.41, 5.74) is 1.71. The molecule has 0 spiro atoms. The topological polar surface area (TPSA) is 56.5 Å². The molecule has 142 valence electrons. The van der Waals surface area contributed by atoms with Crippen molar-refractivity contribution >= 4 is 11.0 Å². The van der Waals surface area contributed by atoms with Crippen molar-refractivity contribution < 1.29 is 13.2 Å². The van der Waals surface area contributed by atoms with Crippen LogP contribution in [0.15, 0.2) is 42.5 Å². The highest BCUT2D eigenvalue weighted by atomic mass is 19.4. The lowest BCUT2D eigenvalue weighted by molar-refractivity contribution is -0.136. The Kier molecular flexibility index (Phi) is 4.14. The highest BCUT2D eigenvalue weighted by molar-refractivity contribution is 5.86. The zero-order valence-electron chi connectivity index (χ0n) is 15.4. The van der Waals surface area contributed by atoms with Crippen LogP contribution < -0.4 is 0 Å². The predicted octanol–water partition coefficient (Wildman–Crippen LogP) is 4.82. The van der Waals surface area contributed by atoms with Crippen molar-refractivity contribution in [1.29, 1.82) is 0 Å². The molecular weight excluding hydrogens is 367 g/mol. The molecule has 4 aromatic rings. The van der Waals surface area contributed by atoms with Crippen LogP contribution in [0.25, 0.3) is 28.2 Å². The Balaban J connectivity index is 2.08. The van der Waals surface area contributed by atoms with E-state index < -0.39 is 11.7 Å². The smallest absolute Gasteiger partial charge is 0.228 e. The molecule has 3 aromatic heterocycles. The Morgan fingerprint density at radius 3 is 2.11 bits per heavy atom. The van der Waals surface area contributed by atoms with E-state index in [2.05, 4.69) is 20.1 Å². The van der Waals surface area contributed by atoms with E-state index in [0.29, 0.717) is 17.0 Å². The maximum absolute atomic E-state index is 13.8. The maximum atomic E-state index is 13.8. The summed E-state index contributed by atoms with van der Waals surface area (Å²) < 4.78 is 42.8. The number of pyridine rings is 1. The molecule has 0 fully saturated rings. The molecule has 0 saturated carbocycles. The summed E-state index contributed by atoms with van der Waals surface area (Å²) in [6, 6.07) is 11.6. The van der Waals surface area contributed by atoms with E-state index >= 15 is 0 Å². The van der Waals surface area contributed by atoms with Crippen molar-refractivity contribution in [3.63, 3.8) is 0 Å². The molecule has 0 N–H and O–H groups in total. The highest BCUT2D eigenvalue weighted by Crippen LogP contribution is 2.38. The van der Waals surface area contributed by atoms with Crippen LogP contribution in [0.1, 0.15) is 22.6 Å². The van der Waals surface area contributed by atoms with Gasteiger partial charge in [-0.1, -0.05) is 30.3 Å². The van der Waals surface area contributed by atoms with Gasteiger partial charge in [-0.3, -0.25) is 0 Å². The molecule has 0 atom stereocenters. The SMILES string of the molecule is Cc1cc(C)nc(-n2nc(C)c3c(C(F)(F)F)cc(-c4ccccc4)nc32)n1. The Morgan fingerprint density at radius 1 is 0.857 bits per heavy atom. The van der Waals surface area contributed by atoms with Crippen molar-refractivity contribution in [2.24, 2.45) is 0 Å². The van der Waals surface area contributed by atoms with Gasteiger partial charge in [-0.05, 0) is 32.9 Å². The van der Waals surface area contributed by atoms with E-state index in [0.717, 1.165) is 6.07 Å². The minimum Gasteiger partial charge on any atom is -0.228 e. The lowest BCUT2D eigenvalue weighted by Crippen LogP contribution is -2.09. The summed E-state index contributed by atoms with van der Waals surface area (Å²) in [4.78, 5) is 13.2. The van der Waals surface area contributed by atoms with Crippen LogP contribution in [0.4, 0.5) is 13.2 Å². The zero-order valence-corrected chi connectivity index (χ0v) is 15.4. The summed E-state index contributed by atoms with van der Waals surface area (Å²) in [5.74, 6) is 0.196. The predicted molar refractivity (Wildman–Crippen MR) is 99.1 cm³/mol. The molecule has 8 heteroatoms. The molecule has 0 bridgehead atoms. The minimum atomic E-state index is -4.55. The monoisotopic (exact) mass is 383 g/mol. The van der Waals surface area contributed by atoms with Gasteiger partial charge in [0.15, 0.2) is 5.65 Å². The Hall–Kier alpha value is -3.29. The summed E-state index contributed by atoms with van der Waals surface area (Å²) in [6.45, 7) is 5.11. The molecule has 28 heavy (non-hydrogen) atoms. The van der Waals surface area contributed by atoms with E-state index in [1.807, 2.05) is 0 Å². The van der Waals surface area contributed by atoms with Crippen LogP contribution in [0.3, 0.4) is 0 Å². The number of nitrogens with zero attached hydrogens (tertiary/aromatic N) is 5. The number of hydrogen-bond acceptors (Lipinski definition) is 4. The third-order valence-electron chi connectivity index (χ3n) is 4.35. The Labute approximate surface area is 158 Å². The van der Waals surface area contributed by atoms with Crippen LogP contribution in [0.2, 0.25) is 0 Å². The average molecular weight is 383 g/mol. The molecular formula is C20H16F3N5. The minimum absolute atomic E-state index is 0.0464. The molecule has 3 heterocycles. The number of rotatable bonds is 2. The summed E-state index contributed by atoms with van der Waals surface area (Å²) in [5, 5.41) is 4.23. The zero-order chi connectivity index (χ0) is 20.1. The molecule has 0 aliphatic heterocycles. The number of hydrogen-bond donors (Lipinski definition) is 0. The third-order valence-corrected chi connectivity index (χ3v) is 4.35. The van der Waals surface area contributed by atoms with Crippen molar-refractivity contribution in [1.82, 2.24) is 24.7 Å². The fourth-order valence-corrected chi connectivity index (χ4v) is 3.21. The molecule has 0 unspecified atom stereocenters. The summed E-state index contributed by atoms with van der Waals surface area (Å²) in [6.07, 6.45) is -4.55. The third kappa shape index (κ3) is 3.11. The van der Waals surface area contributed by atoms with Gasteiger partial charge in [-0.2, -0.15) is 23.0 Å². The van der Waals surface area contributed by atoms with E-state index in [1.54, 1.807) is 50.2 Å². The first-order chi connectivity index (χ1) is 13.2. The number of halogens is 3. The summed E-state index contributed by atoms with van der Waals surface area (Å²) >= 11 is 0. The van der Waals surface area contributed by atoms with Crippen LogP contribution in [-0.2, 0) is 6.18 Å². The Bertz CT molecular complexity index is 1160. The average Bonchev–Trinajstić information content (AvgIpc) is 2.97.